The molecule has 0 saturated heterocycles. The molecule has 0 bridgehead atoms. The first-order valence-electron chi connectivity index (χ1n) is 9.46. The first kappa shape index (κ1) is 20.8. The highest BCUT2D eigenvalue weighted by atomic mass is 16.5. The van der Waals surface area contributed by atoms with Crippen LogP contribution in [0.4, 0.5) is 17.3 Å². The van der Waals surface area contributed by atoms with Gasteiger partial charge in [0.1, 0.15) is 12.3 Å². The molecule has 0 aliphatic carbocycles. The summed E-state index contributed by atoms with van der Waals surface area (Å²) in [6.07, 6.45) is 3.26. The summed E-state index contributed by atoms with van der Waals surface area (Å²) in [4.78, 5) is 35.1. The van der Waals surface area contributed by atoms with Gasteiger partial charge >= 0.3 is 0 Å². The number of rotatable bonds is 8. The Morgan fingerprint density at radius 2 is 1.73 bits per heavy atom. The number of aromatic nitrogens is 2. The van der Waals surface area contributed by atoms with Gasteiger partial charge in [-0.3, -0.25) is 9.59 Å². The number of hydrogen-bond donors (Lipinski definition) is 2. The number of anilines is 3. The molecule has 0 spiro atoms. The van der Waals surface area contributed by atoms with Gasteiger partial charge in [0, 0.05) is 41.9 Å². The smallest absolute Gasteiger partial charge is 0.254 e. The Bertz CT molecular complexity index is 1010. The van der Waals surface area contributed by atoms with Crippen molar-refractivity contribution in [2.24, 2.45) is 0 Å². The molecule has 0 unspecified atom stereocenters. The zero-order valence-electron chi connectivity index (χ0n) is 16.8. The molecule has 2 amide bonds. The number of ether oxygens (including phenoxy) is 1. The predicted molar refractivity (Wildman–Crippen MR) is 115 cm³/mol. The van der Waals surface area contributed by atoms with E-state index in [1.165, 1.54) is 4.90 Å². The van der Waals surface area contributed by atoms with Crippen LogP contribution in [0.1, 0.15) is 17.3 Å². The van der Waals surface area contributed by atoms with Gasteiger partial charge in [-0.05, 0) is 43.3 Å². The lowest BCUT2D eigenvalue weighted by Crippen LogP contribution is -2.37. The highest BCUT2D eigenvalue weighted by molar-refractivity contribution is 6.00. The van der Waals surface area contributed by atoms with Crippen LogP contribution < -0.4 is 15.4 Å². The highest BCUT2D eigenvalue weighted by Crippen LogP contribution is 2.18. The fraction of sp³-hybridized carbons (Fsp3) is 0.182. The summed E-state index contributed by atoms with van der Waals surface area (Å²) >= 11 is 0. The maximum Gasteiger partial charge on any atom is 0.254 e. The van der Waals surface area contributed by atoms with E-state index in [9.17, 15) is 9.59 Å². The summed E-state index contributed by atoms with van der Waals surface area (Å²) in [5.74, 6) is 0.552. The third kappa shape index (κ3) is 5.54. The predicted octanol–water partition coefficient (Wildman–Crippen LogP) is 3.33. The molecule has 2 N–H and O–H groups in total. The van der Waals surface area contributed by atoms with E-state index in [0.717, 1.165) is 0 Å². The van der Waals surface area contributed by atoms with Crippen LogP contribution >= 0.6 is 0 Å². The lowest BCUT2D eigenvalue weighted by molar-refractivity contribution is -0.116. The number of carbonyl (C=O) groups excluding carboxylic acids is 2. The summed E-state index contributed by atoms with van der Waals surface area (Å²) < 4.78 is 5.16. The van der Waals surface area contributed by atoms with Crippen molar-refractivity contribution in [3.63, 3.8) is 0 Å². The first-order valence-corrected chi connectivity index (χ1v) is 9.46. The Morgan fingerprint density at radius 3 is 2.47 bits per heavy atom. The van der Waals surface area contributed by atoms with Crippen molar-refractivity contribution in [1.82, 2.24) is 14.9 Å². The SMILES string of the molecule is CCN(CC(=O)Nc1cccc(OC)c1)C(=O)c1cccc(Nc2ncccn2)c1. The summed E-state index contributed by atoms with van der Waals surface area (Å²) in [5.41, 5.74) is 1.76. The normalized spacial score (nSPS) is 10.2. The molecular formula is C22H23N5O3. The number of nitrogens with zero attached hydrogens (tertiary/aromatic N) is 3. The standard InChI is InChI=1S/C22H23N5O3/c1-3-27(15-20(28)25-18-9-5-10-19(14-18)30-2)21(29)16-7-4-8-17(13-16)26-22-23-11-6-12-24-22/h4-14H,3,15H2,1-2H3,(H,25,28)(H,23,24,26). The Morgan fingerprint density at radius 1 is 1.00 bits per heavy atom. The van der Waals surface area contributed by atoms with Gasteiger partial charge in [0.05, 0.1) is 7.11 Å². The third-order valence-corrected chi connectivity index (χ3v) is 4.29. The summed E-state index contributed by atoms with van der Waals surface area (Å²) in [7, 11) is 1.56. The molecule has 3 rings (SSSR count). The largest absolute Gasteiger partial charge is 0.497 e. The number of carbonyl (C=O) groups is 2. The van der Waals surface area contributed by atoms with E-state index in [1.807, 2.05) is 13.0 Å². The van der Waals surface area contributed by atoms with E-state index in [4.69, 9.17) is 4.74 Å². The maximum atomic E-state index is 12.9. The molecule has 8 nitrogen and oxygen atoms in total. The van der Waals surface area contributed by atoms with E-state index in [0.29, 0.717) is 35.2 Å². The van der Waals surface area contributed by atoms with Crippen molar-refractivity contribution in [3.05, 3.63) is 72.6 Å². The number of nitrogens with one attached hydrogen (secondary N) is 2. The Kier molecular flexibility index (Phi) is 6.94. The molecule has 3 aromatic rings. The molecule has 1 aromatic heterocycles. The molecule has 0 radical (unpaired) electrons. The van der Waals surface area contributed by atoms with Gasteiger partial charge in [-0.1, -0.05) is 12.1 Å². The summed E-state index contributed by atoms with van der Waals surface area (Å²) in [6.45, 7) is 2.16. The van der Waals surface area contributed by atoms with Crippen molar-refractivity contribution < 1.29 is 14.3 Å². The monoisotopic (exact) mass is 405 g/mol. The van der Waals surface area contributed by atoms with Crippen molar-refractivity contribution in [3.8, 4) is 5.75 Å². The number of benzene rings is 2. The number of hydrogen-bond acceptors (Lipinski definition) is 6. The fourth-order valence-corrected chi connectivity index (χ4v) is 2.81. The Balaban J connectivity index is 1.66. The molecular weight excluding hydrogens is 382 g/mol. The van der Waals surface area contributed by atoms with Gasteiger partial charge in [0.2, 0.25) is 11.9 Å². The van der Waals surface area contributed by atoms with Gasteiger partial charge in [-0.25, -0.2) is 9.97 Å². The average Bonchev–Trinajstić information content (AvgIpc) is 2.78. The van der Waals surface area contributed by atoms with Crippen molar-refractivity contribution in [2.45, 2.75) is 6.92 Å². The van der Waals surface area contributed by atoms with E-state index < -0.39 is 0 Å². The van der Waals surface area contributed by atoms with E-state index in [-0.39, 0.29) is 18.4 Å². The summed E-state index contributed by atoms with van der Waals surface area (Å²) in [6, 6.07) is 15.8. The van der Waals surface area contributed by atoms with Crippen molar-refractivity contribution in [2.75, 3.05) is 30.8 Å². The van der Waals surface area contributed by atoms with Crippen molar-refractivity contribution >= 4 is 29.1 Å². The van der Waals surface area contributed by atoms with Crippen LogP contribution in [0.3, 0.4) is 0 Å². The van der Waals surface area contributed by atoms with Crippen molar-refractivity contribution in [1.29, 1.82) is 0 Å². The zero-order valence-corrected chi connectivity index (χ0v) is 16.8. The van der Waals surface area contributed by atoms with Gasteiger partial charge < -0.3 is 20.3 Å². The van der Waals surface area contributed by atoms with Gasteiger partial charge in [-0.15, -0.1) is 0 Å². The van der Waals surface area contributed by atoms with Gasteiger partial charge in [0.15, 0.2) is 0 Å². The highest BCUT2D eigenvalue weighted by Gasteiger charge is 2.18. The van der Waals surface area contributed by atoms with Crippen LogP contribution in [0.15, 0.2) is 67.0 Å². The van der Waals surface area contributed by atoms with Crippen LogP contribution in [0.5, 0.6) is 5.75 Å². The van der Waals surface area contributed by atoms with Crippen LogP contribution in [0.25, 0.3) is 0 Å². The van der Waals surface area contributed by atoms with Crippen LogP contribution in [-0.2, 0) is 4.79 Å². The van der Waals surface area contributed by atoms with Crippen LogP contribution in [-0.4, -0.2) is 46.9 Å². The molecule has 2 aromatic carbocycles. The quantitative estimate of drug-likeness (QED) is 0.597. The fourth-order valence-electron chi connectivity index (χ4n) is 2.81. The second-order valence-corrected chi connectivity index (χ2v) is 6.38. The lowest BCUT2D eigenvalue weighted by atomic mass is 10.1. The second-order valence-electron chi connectivity index (χ2n) is 6.38. The van der Waals surface area contributed by atoms with Gasteiger partial charge in [-0.2, -0.15) is 0 Å². The molecule has 154 valence electrons. The second kappa shape index (κ2) is 10.0. The van der Waals surface area contributed by atoms with E-state index in [1.54, 1.807) is 68.0 Å². The minimum atomic E-state index is -0.287. The average molecular weight is 405 g/mol. The molecule has 1 heterocycles. The Hall–Kier alpha value is -3.94. The minimum Gasteiger partial charge on any atom is -0.497 e. The topological polar surface area (TPSA) is 96.5 Å². The number of methoxy groups -OCH3 is 1. The van der Waals surface area contributed by atoms with Crippen LogP contribution in [0, 0.1) is 0 Å². The minimum absolute atomic E-state index is 0.0635. The molecule has 8 heteroatoms. The molecule has 0 fully saturated rings. The van der Waals surface area contributed by atoms with E-state index >= 15 is 0 Å². The number of likely N-dealkylation sites (N-methyl/N-ethyl adjacent to an activating group) is 1. The zero-order chi connectivity index (χ0) is 21.3. The molecule has 0 aliphatic heterocycles. The van der Waals surface area contributed by atoms with Gasteiger partial charge in [0.25, 0.3) is 5.91 Å². The lowest BCUT2D eigenvalue weighted by Gasteiger charge is -2.21. The molecule has 0 aliphatic rings. The van der Waals surface area contributed by atoms with Crippen LogP contribution in [0.2, 0.25) is 0 Å². The Labute approximate surface area is 174 Å². The molecule has 0 atom stereocenters. The first-order chi connectivity index (χ1) is 14.6. The molecule has 30 heavy (non-hydrogen) atoms. The third-order valence-electron chi connectivity index (χ3n) is 4.29. The summed E-state index contributed by atoms with van der Waals surface area (Å²) in [5, 5.41) is 5.85. The van der Waals surface area contributed by atoms with E-state index in [2.05, 4.69) is 20.6 Å². The molecule has 0 saturated carbocycles. The maximum absolute atomic E-state index is 12.9. The number of amides is 2.